The summed E-state index contributed by atoms with van der Waals surface area (Å²) in [5.74, 6) is 0.359. The topological polar surface area (TPSA) is 27.0 Å². The predicted octanol–water partition coefficient (Wildman–Crippen LogP) is 2.98. The van der Waals surface area contributed by atoms with Crippen LogP contribution in [0.25, 0.3) is 0 Å². The first kappa shape index (κ1) is 11.9. The van der Waals surface area contributed by atoms with Crippen LogP contribution in [-0.2, 0) is 6.54 Å². The molecule has 0 aliphatic carbocycles. The highest BCUT2D eigenvalue weighted by molar-refractivity contribution is 5.32. The van der Waals surface area contributed by atoms with E-state index >= 15 is 0 Å². The van der Waals surface area contributed by atoms with E-state index in [-0.39, 0.29) is 0 Å². The molecular formula is C15H18N2. The largest absolute Gasteiger partial charge is 0.295 e. The number of rotatable bonds is 2. The normalized spacial score (nSPS) is 21.4. The van der Waals surface area contributed by atoms with Crippen molar-refractivity contribution >= 4 is 0 Å². The molecule has 0 spiro atoms. The van der Waals surface area contributed by atoms with Crippen molar-refractivity contribution in [1.82, 2.24) is 4.90 Å². The van der Waals surface area contributed by atoms with Gasteiger partial charge in [0, 0.05) is 31.1 Å². The minimum atomic E-state index is 0.359. The molecule has 1 aliphatic rings. The Kier molecular flexibility index (Phi) is 3.61. The zero-order valence-corrected chi connectivity index (χ0v) is 10.5. The quantitative estimate of drug-likeness (QED) is 0.775. The van der Waals surface area contributed by atoms with E-state index in [4.69, 9.17) is 5.26 Å². The van der Waals surface area contributed by atoms with Crippen LogP contribution in [0.5, 0.6) is 0 Å². The summed E-state index contributed by atoms with van der Waals surface area (Å²) in [6.45, 7) is 7.09. The van der Waals surface area contributed by atoms with Gasteiger partial charge in [0.2, 0.25) is 0 Å². The third-order valence-corrected chi connectivity index (χ3v) is 3.31. The van der Waals surface area contributed by atoms with Crippen LogP contribution < -0.4 is 0 Å². The van der Waals surface area contributed by atoms with E-state index < -0.39 is 0 Å². The van der Waals surface area contributed by atoms with E-state index in [0.717, 1.165) is 25.2 Å². The highest BCUT2D eigenvalue weighted by Gasteiger charge is 2.22. The maximum absolute atomic E-state index is 9.08. The van der Waals surface area contributed by atoms with Gasteiger partial charge in [0.05, 0.1) is 6.07 Å². The summed E-state index contributed by atoms with van der Waals surface area (Å²) in [5, 5.41) is 9.08. The molecule has 1 atom stereocenters. The zero-order valence-electron chi connectivity index (χ0n) is 10.5. The van der Waals surface area contributed by atoms with E-state index in [2.05, 4.69) is 49.1 Å². The van der Waals surface area contributed by atoms with Crippen molar-refractivity contribution in [3.63, 3.8) is 0 Å². The van der Waals surface area contributed by atoms with Crippen molar-refractivity contribution in [2.75, 3.05) is 13.1 Å². The molecule has 1 aromatic carbocycles. The highest BCUT2D eigenvalue weighted by atomic mass is 15.1. The lowest BCUT2D eigenvalue weighted by atomic mass is 9.92. The highest BCUT2D eigenvalue weighted by Crippen LogP contribution is 2.23. The third kappa shape index (κ3) is 2.75. The van der Waals surface area contributed by atoms with Gasteiger partial charge in [0.1, 0.15) is 0 Å². The smallest absolute Gasteiger partial charge is 0.0950 e. The second-order valence-electron chi connectivity index (χ2n) is 4.86. The lowest BCUT2D eigenvalue weighted by molar-refractivity contribution is 0.246. The molecule has 0 aromatic heterocycles. The molecule has 88 valence electrons. The Morgan fingerprint density at radius 3 is 2.65 bits per heavy atom. The van der Waals surface area contributed by atoms with Gasteiger partial charge in [0.25, 0.3) is 0 Å². The maximum Gasteiger partial charge on any atom is 0.0950 e. The fraction of sp³-hybridized carbons (Fsp3) is 0.400. The standard InChI is InChI=1S/C15H18N2/c1-12-9-17(10-13(2)15(12)8-16)11-14-6-4-3-5-7-14/h3-7,12H,9-11H2,1-2H3. The minimum Gasteiger partial charge on any atom is -0.295 e. The summed E-state index contributed by atoms with van der Waals surface area (Å²) in [7, 11) is 0. The molecule has 2 heteroatoms. The summed E-state index contributed by atoms with van der Waals surface area (Å²) in [5.41, 5.74) is 3.55. The Labute approximate surface area is 103 Å². The molecular weight excluding hydrogens is 208 g/mol. The summed E-state index contributed by atoms with van der Waals surface area (Å²) >= 11 is 0. The third-order valence-electron chi connectivity index (χ3n) is 3.31. The summed E-state index contributed by atoms with van der Waals surface area (Å²) < 4.78 is 0. The average Bonchev–Trinajstić information content (AvgIpc) is 2.30. The first-order valence-corrected chi connectivity index (χ1v) is 6.06. The molecule has 0 amide bonds. The molecule has 0 radical (unpaired) electrons. The fourth-order valence-electron chi connectivity index (χ4n) is 2.55. The molecule has 1 aliphatic heterocycles. The van der Waals surface area contributed by atoms with Gasteiger partial charge in [0.15, 0.2) is 0 Å². The Bertz CT molecular complexity index is 454. The monoisotopic (exact) mass is 226 g/mol. The molecule has 0 saturated heterocycles. The molecule has 17 heavy (non-hydrogen) atoms. The molecule has 0 fully saturated rings. The first-order valence-electron chi connectivity index (χ1n) is 6.06. The maximum atomic E-state index is 9.08. The van der Waals surface area contributed by atoms with Gasteiger partial charge in [-0.3, -0.25) is 4.90 Å². The lowest BCUT2D eigenvalue weighted by Crippen LogP contribution is -2.35. The number of benzene rings is 1. The fourth-order valence-corrected chi connectivity index (χ4v) is 2.55. The number of nitrogens with zero attached hydrogens (tertiary/aromatic N) is 2. The number of nitriles is 1. The Morgan fingerprint density at radius 1 is 1.35 bits per heavy atom. The van der Waals surface area contributed by atoms with Crippen molar-refractivity contribution in [3.05, 3.63) is 47.0 Å². The molecule has 1 unspecified atom stereocenters. The second kappa shape index (κ2) is 5.16. The first-order chi connectivity index (χ1) is 8.20. The van der Waals surface area contributed by atoms with E-state index in [1.807, 2.05) is 6.07 Å². The van der Waals surface area contributed by atoms with Gasteiger partial charge < -0.3 is 0 Å². The van der Waals surface area contributed by atoms with Gasteiger partial charge in [-0.15, -0.1) is 0 Å². The molecule has 2 nitrogen and oxygen atoms in total. The van der Waals surface area contributed by atoms with Gasteiger partial charge in [-0.25, -0.2) is 0 Å². The number of hydrogen-bond acceptors (Lipinski definition) is 2. The zero-order chi connectivity index (χ0) is 12.3. The van der Waals surface area contributed by atoms with Crippen molar-refractivity contribution in [2.24, 2.45) is 5.92 Å². The lowest BCUT2D eigenvalue weighted by Gasteiger charge is -2.31. The van der Waals surface area contributed by atoms with E-state index in [0.29, 0.717) is 5.92 Å². The van der Waals surface area contributed by atoms with Crippen LogP contribution in [0, 0.1) is 17.2 Å². The SMILES string of the molecule is CC1=C(C#N)C(C)CN(Cc2ccccc2)C1. The van der Waals surface area contributed by atoms with Gasteiger partial charge >= 0.3 is 0 Å². The van der Waals surface area contributed by atoms with E-state index in [9.17, 15) is 0 Å². The molecule has 2 rings (SSSR count). The van der Waals surface area contributed by atoms with Gasteiger partial charge in [-0.2, -0.15) is 5.26 Å². The summed E-state index contributed by atoms with van der Waals surface area (Å²) in [6, 6.07) is 12.8. The number of hydrogen-bond donors (Lipinski definition) is 0. The van der Waals surface area contributed by atoms with Gasteiger partial charge in [-0.1, -0.05) is 37.3 Å². The van der Waals surface area contributed by atoms with Crippen LogP contribution in [0.3, 0.4) is 0 Å². The Morgan fingerprint density at radius 2 is 2.06 bits per heavy atom. The molecule has 1 heterocycles. The summed E-state index contributed by atoms with van der Waals surface area (Å²) in [6.07, 6.45) is 0. The molecule has 1 aromatic rings. The second-order valence-corrected chi connectivity index (χ2v) is 4.86. The van der Waals surface area contributed by atoms with Crippen LogP contribution in [0.4, 0.5) is 0 Å². The van der Waals surface area contributed by atoms with Crippen LogP contribution >= 0.6 is 0 Å². The Hall–Kier alpha value is -1.59. The average molecular weight is 226 g/mol. The van der Waals surface area contributed by atoms with Crippen LogP contribution in [-0.4, -0.2) is 18.0 Å². The van der Waals surface area contributed by atoms with E-state index in [1.165, 1.54) is 11.1 Å². The van der Waals surface area contributed by atoms with Crippen molar-refractivity contribution < 1.29 is 0 Å². The van der Waals surface area contributed by atoms with Crippen LogP contribution in [0.1, 0.15) is 19.4 Å². The van der Waals surface area contributed by atoms with Crippen molar-refractivity contribution in [3.8, 4) is 6.07 Å². The molecule has 0 N–H and O–H groups in total. The van der Waals surface area contributed by atoms with Crippen LogP contribution in [0.15, 0.2) is 41.5 Å². The van der Waals surface area contributed by atoms with E-state index in [1.54, 1.807) is 0 Å². The molecule has 0 bridgehead atoms. The van der Waals surface area contributed by atoms with Crippen molar-refractivity contribution in [1.29, 1.82) is 5.26 Å². The summed E-state index contributed by atoms with van der Waals surface area (Å²) in [4.78, 5) is 2.41. The van der Waals surface area contributed by atoms with Gasteiger partial charge in [-0.05, 0) is 18.1 Å². The minimum absolute atomic E-state index is 0.359. The molecule has 0 saturated carbocycles. The van der Waals surface area contributed by atoms with Crippen molar-refractivity contribution in [2.45, 2.75) is 20.4 Å². The van der Waals surface area contributed by atoms with Crippen LogP contribution in [0.2, 0.25) is 0 Å². The Balaban J connectivity index is 2.08. The predicted molar refractivity (Wildman–Crippen MR) is 69.2 cm³/mol.